The Morgan fingerprint density at radius 3 is 1.72 bits per heavy atom. The Bertz CT molecular complexity index is 2070. The van der Waals surface area contributed by atoms with Gasteiger partial charge in [-0.05, 0) is 99.1 Å². The number of nitrogens with zero attached hydrogens (tertiary/aromatic N) is 1. The maximum absolute atomic E-state index is 6.00. The number of unbranched alkanes of at least 4 members (excludes halogenated alkanes) is 1. The molecule has 0 bridgehead atoms. The molecule has 6 unspecified atom stereocenters. The van der Waals surface area contributed by atoms with Crippen molar-refractivity contribution in [3.8, 4) is 0 Å². The Hall–Kier alpha value is -5.92. The van der Waals surface area contributed by atoms with E-state index < -0.39 is 0 Å². The molecule has 320 valence electrons. The van der Waals surface area contributed by atoms with Gasteiger partial charge in [-0.2, -0.15) is 0 Å². The molecule has 6 atom stereocenters. The van der Waals surface area contributed by atoms with Gasteiger partial charge in [0, 0.05) is 40.7 Å². The van der Waals surface area contributed by atoms with E-state index in [0.29, 0.717) is 6.54 Å². The molecule has 0 spiro atoms. The SMILES string of the molecule is C=C1NC(CCCCN)C(=C)NC(Cc2ccc(CCc3ccccc3)cc2)C(=C)NC(Cc2ccccc2)C(=C)N2CCCC2C(=C)NC(c2ccccc2)C(=C)NC1C. The quantitative estimate of drug-likeness (QED) is 0.0796. The number of benzene rings is 4. The Labute approximate surface area is 366 Å². The molecule has 4 aromatic carbocycles. The van der Waals surface area contributed by atoms with Gasteiger partial charge in [-0.1, -0.05) is 155 Å². The molecular formula is C54H69N7. The summed E-state index contributed by atoms with van der Waals surface area (Å²) in [6.45, 7) is 31.7. The summed E-state index contributed by atoms with van der Waals surface area (Å²) >= 11 is 0. The monoisotopic (exact) mass is 816 g/mol. The summed E-state index contributed by atoms with van der Waals surface area (Å²) in [5.74, 6) is 0. The summed E-state index contributed by atoms with van der Waals surface area (Å²) in [6.07, 6.45) is 8.20. The van der Waals surface area contributed by atoms with Crippen LogP contribution >= 0.6 is 0 Å². The maximum atomic E-state index is 6.00. The van der Waals surface area contributed by atoms with Crippen molar-refractivity contribution in [3.63, 3.8) is 0 Å². The molecule has 0 radical (unpaired) electrons. The summed E-state index contributed by atoms with van der Waals surface area (Å²) in [5, 5.41) is 19.1. The molecule has 4 aromatic rings. The van der Waals surface area contributed by atoms with Crippen LogP contribution < -0.4 is 32.3 Å². The minimum absolute atomic E-state index is 0.0520. The minimum Gasteiger partial charge on any atom is -0.379 e. The Balaban J connectivity index is 1.33. The van der Waals surface area contributed by atoms with Gasteiger partial charge in [0.25, 0.3) is 0 Å². The molecule has 2 heterocycles. The van der Waals surface area contributed by atoms with Gasteiger partial charge >= 0.3 is 0 Å². The van der Waals surface area contributed by atoms with E-state index in [1.807, 2.05) is 6.07 Å². The first-order valence-electron chi connectivity index (χ1n) is 22.2. The van der Waals surface area contributed by atoms with E-state index in [2.05, 4.69) is 174 Å². The van der Waals surface area contributed by atoms with Gasteiger partial charge in [0.1, 0.15) is 0 Å². The first kappa shape index (κ1) is 44.6. The lowest BCUT2D eigenvalue weighted by molar-refractivity contribution is 0.306. The van der Waals surface area contributed by atoms with Crippen molar-refractivity contribution in [1.29, 1.82) is 0 Å². The molecule has 7 nitrogen and oxygen atoms in total. The lowest BCUT2D eigenvalue weighted by Gasteiger charge is -2.38. The van der Waals surface area contributed by atoms with E-state index in [9.17, 15) is 0 Å². The predicted octanol–water partition coefficient (Wildman–Crippen LogP) is 9.13. The van der Waals surface area contributed by atoms with Gasteiger partial charge < -0.3 is 37.2 Å². The number of rotatable bonds is 12. The summed E-state index contributed by atoms with van der Waals surface area (Å²) in [7, 11) is 0. The molecule has 61 heavy (non-hydrogen) atoms. The van der Waals surface area contributed by atoms with Crippen LogP contribution in [0.25, 0.3) is 0 Å². The predicted molar refractivity (Wildman–Crippen MR) is 257 cm³/mol. The lowest BCUT2D eigenvalue weighted by atomic mass is 9.97. The molecule has 0 aromatic heterocycles. The van der Waals surface area contributed by atoms with Crippen LogP contribution in [-0.2, 0) is 25.7 Å². The highest BCUT2D eigenvalue weighted by atomic mass is 15.2. The molecule has 0 aliphatic carbocycles. The summed E-state index contributed by atoms with van der Waals surface area (Å²) in [5.41, 5.74) is 17.7. The second-order valence-corrected chi connectivity index (χ2v) is 16.9. The molecule has 2 aliphatic heterocycles. The van der Waals surface area contributed by atoms with Gasteiger partial charge in [0.15, 0.2) is 0 Å². The van der Waals surface area contributed by atoms with Gasteiger partial charge in [0.05, 0.1) is 36.3 Å². The van der Waals surface area contributed by atoms with Gasteiger partial charge in [0.2, 0.25) is 0 Å². The smallest absolute Gasteiger partial charge is 0.0906 e. The molecule has 2 saturated heterocycles. The van der Waals surface area contributed by atoms with Crippen molar-refractivity contribution in [3.05, 3.63) is 217 Å². The highest BCUT2D eigenvalue weighted by Crippen LogP contribution is 2.31. The van der Waals surface area contributed by atoms with Crippen LogP contribution in [0.4, 0.5) is 0 Å². The van der Waals surface area contributed by atoms with Crippen LogP contribution in [0.3, 0.4) is 0 Å². The molecule has 0 saturated carbocycles. The molecule has 6 rings (SSSR count). The Morgan fingerprint density at radius 1 is 0.541 bits per heavy atom. The van der Waals surface area contributed by atoms with Crippen molar-refractivity contribution in [2.45, 2.75) is 101 Å². The highest BCUT2D eigenvalue weighted by molar-refractivity contribution is 5.32. The van der Waals surface area contributed by atoms with Crippen molar-refractivity contribution in [2.24, 2.45) is 5.73 Å². The van der Waals surface area contributed by atoms with Crippen molar-refractivity contribution >= 4 is 0 Å². The highest BCUT2D eigenvalue weighted by Gasteiger charge is 2.34. The van der Waals surface area contributed by atoms with Gasteiger partial charge in [-0.3, -0.25) is 0 Å². The molecular weight excluding hydrogens is 747 g/mol. The zero-order chi connectivity index (χ0) is 43.1. The topological polar surface area (TPSA) is 89.4 Å². The summed E-state index contributed by atoms with van der Waals surface area (Å²) in [4.78, 5) is 2.45. The van der Waals surface area contributed by atoms with Crippen molar-refractivity contribution < 1.29 is 0 Å². The van der Waals surface area contributed by atoms with Gasteiger partial charge in [-0.15, -0.1) is 0 Å². The number of hydrogen-bond acceptors (Lipinski definition) is 7. The summed E-state index contributed by atoms with van der Waals surface area (Å²) in [6, 6.07) is 40.2. The van der Waals surface area contributed by atoms with Crippen LogP contribution in [-0.4, -0.2) is 48.2 Å². The second-order valence-electron chi connectivity index (χ2n) is 16.9. The van der Waals surface area contributed by atoms with Crippen molar-refractivity contribution in [1.82, 2.24) is 31.5 Å². The normalized spacial score (nSPS) is 23.1. The van der Waals surface area contributed by atoms with Gasteiger partial charge in [-0.25, -0.2) is 0 Å². The zero-order valence-corrected chi connectivity index (χ0v) is 36.5. The average molecular weight is 816 g/mol. The fourth-order valence-corrected chi connectivity index (χ4v) is 8.62. The van der Waals surface area contributed by atoms with Crippen LogP contribution in [0.5, 0.6) is 0 Å². The Morgan fingerprint density at radius 2 is 1.07 bits per heavy atom. The molecule has 7 N–H and O–H groups in total. The van der Waals surface area contributed by atoms with E-state index in [-0.39, 0.29) is 36.3 Å². The second kappa shape index (κ2) is 22.1. The standard InChI is InChI=1S/C54H69N7/c1-38-39(2)57-50(26-17-18-34-55)40(3)58-51(36-48-32-30-46(31-33-48)29-28-45-20-11-8-12-21-45)41(4)59-52(37-47-22-13-9-14-23-47)44(7)61-35-19-27-53(61)42(5)60-54(43(6)56-38)49-24-15-10-16-25-49/h8-16,20-25,30-33,38,50-54,56-60H,2-7,17-19,26-29,34-37,55H2,1H3. The lowest BCUT2D eigenvalue weighted by Crippen LogP contribution is -2.49. The summed E-state index contributed by atoms with van der Waals surface area (Å²) < 4.78 is 0. The third-order valence-electron chi connectivity index (χ3n) is 12.3. The number of nitrogens with two attached hydrogens (primary N) is 1. The zero-order valence-electron chi connectivity index (χ0n) is 36.5. The van der Waals surface area contributed by atoms with Crippen LogP contribution in [0.2, 0.25) is 0 Å². The number of aryl methyl sites for hydroxylation is 2. The van der Waals surface area contributed by atoms with Crippen molar-refractivity contribution in [2.75, 3.05) is 13.1 Å². The largest absolute Gasteiger partial charge is 0.379 e. The third kappa shape index (κ3) is 12.6. The molecule has 2 aliphatic rings. The fraction of sp³-hybridized carbons (Fsp3) is 0.333. The minimum atomic E-state index is -0.216. The van der Waals surface area contributed by atoms with Crippen LogP contribution in [0.1, 0.15) is 72.9 Å². The Kier molecular flexibility index (Phi) is 16.2. The molecule has 7 heteroatoms. The number of hydrogen-bond donors (Lipinski definition) is 6. The third-order valence-corrected chi connectivity index (χ3v) is 12.3. The number of nitrogens with one attached hydrogen (secondary N) is 5. The first-order valence-corrected chi connectivity index (χ1v) is 22.2. The van der Waals surface area contributed by atoms with E-state index in [1.165, 1.54) is 22.3 Å². The first-order chi connectivity index (χ1) is 29.6. The van der Waals surface area contributed by atoms with Crippen LogP contribution in [0.15, 0.2) is 189 Å². The van der Waals surface area contributed by atoms with E-state index >= 15 is 0 Å². The average Bonchev–Trinajstić information content (AvgIpc) is 3.78. The number of fused-ring (bicyclic) bond motifs is 1. The van der Waals surface area contributed by atoms with E-state index in [0.717, 1.165) is 104 Å². The van der Waals surface area contributed by atoms with Crippen LogP contribution in [0, 0.1) is 0 Å². The van der Waals surface area contributed by atoms with E-state index in [4.69, 9.17) is 18.9 Å². The molecule has 2 fully saturated rings. The molecule has 0 amide bonds. The fourth-order valence-electron chi connectivity index (χ4n) is 8.62. The van der Waals surface area contributed by atoms with E-state index in [1.54, 1.807) is 0 Å². The maximum Gasteiger partial charge on any atom is 0.0906 e.